The van der Waals surface area contributed by atoms with Crippen molar-refractivity contribution in [1.29, 1.82) is 0 Å². The van der Waals surface area contributed by atoms with Crippen LogP contribution in [0.2, 0.25) is 0 Å². The van der Waals surface area contributed by atoms with Crippen molar-refractivity contribution >= 4 is 5.97 Å². The Labute approximate surface area is 55.0 Å². The molecule has 0 aromatic rings. The van der Waals surface area contributed by atoms with Crippen molar-refractivity contribution in [2.75, 3.05) is 0 Å². The summed E-state index contributed by atoms with van der Waals surface area (Å²) in [6.45, 7) is 0.730. The van der Waals surface area contributed by atoms with E-state index in [0.29, 0.717) is 0 Å². The van der Waals surface area contributed by atoms with Crippen LogP contribution < -0.4 is 0 Å². The number of aliphatic carboxylic acids is 1. The molecular weight excluding hydrogens is 149 g/mol. The fourth-order valence-electron chi connectivity index (χ4n) is 0.264. The summed E-state index contributed by atoms with van der Waals surface area (Å²) < 4.78 is 34.9. The third-order valence-corrected chi connectivity index (χ3v) is 0.861. The van der Waals surface area contributed by atoms with E-state index >= 15 is 0 Å². The molecule has 0 aliphatic heterocycles. The number of hydrogen-bond acceptors (Lipinski definition) is 1. The molecule has 0 saturated carbocycles. The molecule has 0 radical (unpaired) electrons. The Kier molecular flexibility index (Phi) is 2.92. The summed E-state index contributed by atoms with van der Waals surface area (Å²) in [6.07, 6.45) is -3.05. The third kappa shape index (κ3) is 2.08. The molecule has 0 aromatic carbocycles. The summed E-state index contributed by atoms with van der Waals surface area (Å²) in [5.41, 5.74) is -1.05. The minimum atomic E-state index is -3.05. The predicted molar refractivity (Wildman–Crippen MR) is 27.4 cm³/mol. The van der Waals surface area contributed by atoms with E-state index in [0.717, 1.165) is 6.92 Å². The Balaban J connectivity index is 4.50. The lowest BCUT2D eigenvalue weighted by Gasteiger charge is -1.96. The predicted octanol–water partition coefficient (Wildman–Crippen LogP) is 1.58. The van der Waals surface area contributed by atoms with Gasteiger partial charge in [-0.3, -0.25) is 0 Å². The summed E-state index contributed by atoms with van der Waals surface area (Å²) in [6, 6.07) is 0. The topological polar surface area (TPSA) is 37.3 Å². The highest BCUT2D eigenvalue weighted by Crippen LogP contribution is 2.13. The Bertz CT molecular complexity index is 174. The van der Waals surface area contributed by atoms with E-state index in [1.165, 1.54) is 0 Å². The number of alkyl halides is 2. The van der Waals surface area contributed by atoms with Crippen molar-refractivity contribution < 1.29 is 23.1 Å². The first kappa shape index (κ1) is 9.00. The minimum Gasteiger partial charge on any atom is -0.476 e. The molecule has 0 aliphatic carbocycles. The van der Waals surface area contributed by atoms with Gasteiger partial charge in [-0.05, 0) is 6.92 Å². The zero-order valence-electron chi connectivity index (χ0n) is 5.07. The van der Waals surface area contributed by atoms with Gasteiger partial charge in [-0.2, -0.15) is 4.39 Å². The van der Waals surface area contributed by atoms with Crippen molar-refractivity contribution in [3.05, 3.63) is 11.4 Å². The molecule has 0 bridgehead atoms. The fourth-order valence-corrected chi connectivity index (χ4v) is 0.264. The fraction of sp³-hybridized carbons (Fsp3) is 0.400. The van der Waals surface area contributed by atoms with Gasteiger partial charge in [0, 0.05) is 5.57 Å². The Morgan fingerprint density at radius 2 is 1.90 bits per heavy atom. The van der Waals surface area contributed by atoms with Crippen LogP contribution in [0.4, 0.5) is 13.2 Å². The van der Waals surface area contributed by atoms with Crippen molar-refractivity contribution in [3.8, 4) is 0 Å². The maximum atomic E-state index is 12.0. The van der Waals surface area contributed by atoms with E-state index < -0.39 is 23.8 Å². The number of halogens is 3. The lowest BCUT2D eigenvalue weighted by atomic mass is 10.3. The molecule has 2 nitrogen and oxygen atoms in total. The smallest absolute Gasteiger partial charge is 0.364 e. The third-order valence-electron chi connectivity index (χ3n) is 0.861. The molecule has 0 unspecified atom stereocenters. The molecule has 0 aromatic heterocycles. The monoisotopic (exact) mass is 154 g/mol. The summed E-state index contributed by atoms with van der Waals surface area (Å²) in [4.78, 5) is 9.68. The highest BCUT2D eigenvalue weighted by Gasteiger charge is 2.16. The molecule has 0 atom stereocenters. The first-order valence-corrected chi connectivity index (χ1v) is 2.34. The zero-order valence-corrected chi connectivity index (χ0v) is 5.07. The quantitative estimate of drug-likeness (QED) is 0.613. The van der Waals surface area contributed by atoms with Crippen molar-refractivity contribution in [3.63, 3.8) is 0 Å². The van der Waals surface area contributed by atoms with Gasteiger partial charge in [-0.25, -0.2) is 13.6 Å². The standard InChI is InChI=1S/C5H5F3O2/c1-2(4(7)8)3(6)5(9)10/h4H,1H3,(H,9,10)/b3-2+. The Morgan fingerprint density at radius 1 is 1.50 bits per heavy atom. The van der Waals surface area contributed by atoms with E-state index in [1.807, 2.05) is 0 Å². The molecule has 0 spiro atoms. The Morgan fingerprint density at radius 3 is 2.00 bits per heavy atom. The molecule has 5 heteroatoms. The number of rotatable bonds is 2. The van der Waals surface area contributed by atoms with E-state index in [-0.39, 0.29) is 0 Å². The molecule has 0 fully saturated rings. The van der Waals surface area contributed by atoms with Gasteiger partial charge >= 0.3 is 5.97 Å². The summed E-state index contributed by atoms with van der Waals surface area (Å²) in [5, 5.41) is 7.84. The van der Waals surface area contributed by atoms with Crippen molar-refractivity contribution in [1.82, 2.24) is 0 Å². The second-order valence-electron chi connectivity index (χ2n) is 1.60. The normalized spacial score (nSPS) is 13.3. The number of carbonyl (C=O) groups is 1. The van der Waals surface area contributed by atoms with E-state index in [2.05, 4.69) is 0 Å². The van der Waals surface area contributed by atoms with Crippen LogP contribution in [-0.4, -0.2) is 17.5 Å². The second kappa shape index (κ2) is 3.24. The molecule has 0 heterocycles. The van der Waals surface area contributed by atoms with Crippen molar-refractivity contribution in [2.24, 2.45) is 0 Å². The molecule has 1 N–H and O–H groups in total. The SMILES string of the molecule is C/C(=C(\F)C(=O)O)C(F)F. The molecule has 0 rings (SSSR count). The van der Waals surface area contributed by atoms with E-state index in [4.69, 9.17) is 5.11 Å². The number of allylic oxidation sites excluding steroid dienone is 1. The van der Waals surface area contributed by atoms with Crippen LogP contribution in [0.15, 0.2) is 11.4 Å². The molecule has 0 amide bonds. The van der Waals surface area contributed by atoms with Crippen LogP contribution in [0.5, 0.6) is 0 Å². The molecular formula is C5H5F3O2. The minimum absolute atomic E-state index is 0.730. The van der Waals surface area contributed by atoms with E-state index in [1.54, 1.807) is 0 Å². The van der Waals surface area contributed by atoms with Crippen LogP contribution in [0.25, 0.3) is 0 Å². The number of carboxylic acid groups (broad SMARTS) is 1. The largest absolute Gasteiger partial charge is 0.476 e. The highest BCUT2D eigenvalue weighted by molar-refractivity contribution is 5.84. The zero-order chi connectivity index (χ0) is 8.31. The lowest BCUT2D eigenvalue weighted by Crippen LogP contribution is -2.03. The van der Waals surface area contributed by atoms with Gasteiger partial charge in [0.15, 0.2) is 0 Å². The van der Waals surface area contributed by atoms with Crippen LogP contribution >= 0.6 is 0 Å². The number of hydrogen-bond donors (Lipinski definition) is 1. The molecule has 0 aliphatic rings. The van der Waals surface area contributed by atoms with Crippen LogP contribution in [0, 0.1) is 0 Å². The van der Waals surface area contributed by atoms with Gasteiger partial charge < -0.3 is 5.11 Å². The summed E-state index contributed by atoms with van der Waals surface area (Å²) >= 11 is 0. The van der Waals surface area contributed by atoms with Gasteiger partial charge in [0.1, 0.15) is 0 Å². The van der Waals surface area contributed by atoms with Gasteiger partial charge in [0.05, 0.1) is 0 Å². The second-order valence-corrected chi connectivity index (χ2v) is 1.60. The van der Waals surface area contributed by atoms with Crippen molar-refractivity contribution in [2.45, 2.75) is 13.3 Å². The van der Waals surface area contributed by atoms with Crippen LogP contribution in [0.3, 0.4) is 0 Å². The Hall–Kier alpha value is -1.00. The first-order valence-electron chi connectivity index (χ1n) is 2.34. The van der Waals surface area contributed by atoms with Gasteiger partial charge in [0.25, 0.3) is 6.43 Å². The summed E-state index contributed by atoms with van der Waals surface area (Å²) in [5.74, 6) is -3.74. The summed E-state index contributed by atoms with van der Waals surface area (Å²) in [7, 11) is 0. The average molecular weight is 154 g/mol. The van der Waals surface area contributed by atoms with Crippen LogP contribution in [-0.2, 0) is 4.79 Å². The lowest BCUT2D eigenvalue weighted by molar-refractivity contribution is -0.134. The van der Waals surface area contributed by atoms with Gasteiger partial charge in [0.2, 0.25) is 5.83 Å². The van der Waals surface area contributed by atoms with Gasteiger partial charge in [-0.15, -0.1) is 0 Å². The molecule has 58 valence electrons. The first-order chi connectivity index (χ1) is 4.46. The highest BCUT2D eigenvalue weighted by atomic mass is 19.3. The maximum Gasteiger partial charge on any atom is 0.364 e. The molecule has 0 saturated heterocycles. The van der Waals surface area contributed by atoms with Gasteiger partial charge in [-0.1, -0.05) is 0 Å². The van der Waals surface area contributed by atoms with E-state index in [9.17, 15) is 18.0 Å². The maximum absolute atomic E-state index is 12.0. The van der Waals surface area contributed by atoms with Crippen LogP contribution in [0.1, 0.15) is 6.92 Å². The molecule has 10 heavy (non-hydrogen) atoms. The number of carboxylic acids is 1. The average Bonchev–Trinajstić information content (AvgIpc) is 1.84.